The molecule has 1 heterocycles. The first-order valence-corrected chi connectivity index (χ1v) is 10.2. The van der Waals surface area contributed by atoms with Crippen molar-refractivity contribution >= 4 is 11.7 Å². The van der Waals surface area contributed by atoms with Crippen molar-refractivity contribution in [3.05, 3.63) is 11.3 Å². The Bertz CT molecular complexity index is 667. The van der Waals surface area contributed by atoms with Crippen molar-refractivity contribution in [1.82, 2.24) is 9.78 Å². The number of aryl methyl sites for hydroxylation is 1. The summed E-state index contributed by atoms with van der Waals surface area (Å²) in [7, 11) is 1.98. The van der Waals surface area contributed by atoms with E-state index in [2.05, 4.69) is 10.4 Å². The van der Waals surface area contributed by atoms with E-state index >= 15 is 0 Å². The summed E-state index contributed by atoms with van der Waals surface area (Å²) < 4.78 is 28.0. The lowest BCUT2D eigenvalue weighted by Gasteiger charge is -2.34. The summed E-state index contributed by atoms with van der Waals surface area (Å²) in [6, 6.07) is 0. The second-order valence-electron chi connectivity index (χ2n) is 8.62. The molecule has 0 spiro atoms. The number of alkyl halides is 2. The van der Waals surface area contributed by atoms with Crippen LogP contribution in [0, 0.1) is 5.92 Å². The van der Waals surface area contributed by atoms with Gasteiger partial charge in [0, 0.05) is 43.5 Å². The number of hydrogen-bond donors (Lipinski definition) is 1. The highest BCUT2D eigenvalue weighted by Crippen LogP contribution is 2.47. The Balaban J connectivity index is 1.50. The summed E-state index contributed by atoms with van der Waals surface area (Å²) in [5.74, 6) is -1.22. The molecule has 0 radical (unpaired) electrons. The number of anilines is 1. The first-order valence-electron chi connectivity index (χ1n) is 10.2. The second-order valence-corrected chi connectivity index (χ2v) is 8.62. The lowest BCUT2D eigenvalue weighted by atomic mass is 9.76. The molecular formula is C20H29F2N3O. The van der Waals surface area contributed by atoms with Gasteiger partial charge in [0.2, 0.25) is 11.8 Å². The number of rotatable bonds is 5. The van der Waals surface area contributed by atoms with Gasteiger partial charge in [0.15, 0.2) is 5.82 Å². The van der Waals surface area contributed by atoms with Crippen LogP contribution in [0.5, 0.6) is 0 Å². The SMILES string of the molecule is Cn1nc(NC(=O)CC2CC(F)(F)C2)c(C2CCC2)c1C1CCCCC1. The zero-order chi connectivity index (χ0) is 18.3. The number of halogens is 2. The molecule has 0 aromatic carbocycles. The zero-order valence-corrected chi connectivity index (χ0v) is 15.6. The van der Waals surface area contributed by atoms with Crippen LogP contribution in [-0.4, -0.2) is 21.6 Å². The predicted octanol–water partition coefficient (Wildman–Crippen LogP) is 5.11. The minimum atomic E-state index is -2.57. The van der Waals surface area contributed by atoms with E-state index in [9.17, 15) is 13.6 Å². The molecule has 3 aliphatic carbocycles. The van der Waals surface area contributed by atoms with Crippen LogP contribution in [0.2, 0.25) is 0 Å². The maximum Gasteiger partial charge on any atom is 0.248 e. The van der Waals surface area contributed by atoms with Crippen LogP contribution in [0.25, 0.3) is 0 Å². The number of carbonyl (C=O) groups excluding carboxylic acids is 1. The number of nitrogens with one attached hydrogen (secondary N) is 1. The Kier molecular flexibility index (Phi) is 4.78. The molecule has 0 aliphatic heterocycles. The average Bonchev–Trinajstić information content (AvgIpc) is 2.80. The van der Waals surface area contributed by atoms with Gasteiger partial charge in [-0.05, 0) is 37.5 Å². The van der Waals surface area contributed by atoms with Crippen LogP contribution in [-0.2, 0) is 11.8 Å². The number of hydrogen-bond acceptors (Lipinski definition) is 2. The van der Waals surface area contributed by atoms with Gasteiger partial charge in [-0.15, -0.1) is 0 Å². The molecule has 0 atom stereocenters. The van der Waals surface area contributed by atoms with Crippen LogP contribution in [0.4, 0.5) is 14.6 Å². The molecule has 144 valence electrons. The minimum Gasteiger partial charge on any atom is -0.309 e. The quantitative estimate of drug-likeness (QED) is 0.788. The highest BCUT2D eigenvalue weighted by Gasteiger charge is 2.45. The topological polar surface area (TPSA) is 46.9 Å². The van der Waals surface area contributed by atoms with Crippen molar-refractivity contribution in [2.24, 2.45) is 13.0 Å². The van der Waals surface area contributed by atoms with E-state index < -0.39 is 5.92 Å². The summed E-state index contributed by atoms with van der Waals surface area (Å²) in [6.07, 6.45) is 9.62. The highest BCUT2D eigenvalue weighted by molar-refractivity contribution is 5.91. The van der Waals surface area contributed by atoms with E-state index in [-0.39, 0.29) is 31.1 Å². The van der Waals surface area contributed by atoms with Crippen LogP contribution < -0.4 is 5.32 Å². The first kappa shape index (κ1) is 17.9. The van der Waals surface area contributed by atoms with E-state index in [1.807, 2.05) is 11.7 Å². The van der Waals surface area contributed by atoms with Gasteiger partial charge in [0.1, 0.15) is 0 Å². The molecule has 6 heteroatoms. The standard InChI is InChI=1S/C20H29F2N3O/c1-25-18(15-6-3-2-4-7-15)17(14-8-5-9-14)19(24-25)23-16(26)10-13-11-20(21,22)12-13/h13-15H,2-12H2,1H3,(H,23,24,26). The van der Waals surface area contributed by atoms with Gasteiger partial charge < -0.3 is 5.32 Å². The molecule has 0 saturated heterocycles. The molecule has 0 unspecified atom stereocenters. The normalized spacial score (nSPS) is 24.1. The van der Waals surface area contributed by atoms with Crippen molar-refractivity contribution in [1.29, 1.82) is 0 Å². The Morgan fingerprint density at radius 1 is 1.12 bits per heavy atom. The predicted molar refractivity (Wildman–Crippen MR) is 96.5 cm³/mol. The Morgan fingerprint density at radius 2 is 1.77 bits per heavy atom. The number of carbonyl (C=O) groups is 1. The van der Waals surface area contributed by atoms with E-state index in [1.54, 1.807) is 0 Å². The van der Waals surface area contributed by atoms with Crippen LogP contribution >= 0.6 is 0 Å². The Morgan fingerprint density at radius 3 is 2.35 bits per heavy atom. The minimum absolute atomic E-state index is 0.161. The molecule has 1 aromatic rings. The molecule has 4 rings (SSSR count). The van der Waals surface area contributed by atoms with E-state index in [1.165, 1.54) is 49.8 Å². The van der Waals surface area contributed by atoms with Crippen molar-refractivity contribution in [3.8, 4) is 0 Å². The molecule has 3 aliphatic rings. The van der Waals surface area contributed by atoms with E-state index in [0.717, 1.165) is 12.8 Å². The summed E-state index contributed by atoms with van der Waals surface area (Å²) in [5.41, 5.74) is 2.54. The third-order valence-corrected chi connectivity index (χ3v) is 6.54. The van der Waals surface area contributed by atoms with Crippen molar-refractivity contribution in [2.45, 2.75) is 88.4 Å². The summed E-state index contributed by atoms with van der Waals surface area (Å²) in [5, 5.41) is 7.62. The van der Waals surface area contributed by atoms with Gasteiger partial charge in [-0.3, -0.25) is 9.48 Å². The second kappa shape index (κ2) is 6.93. The molecule has 1 N–H and O–H groups in total. The maximum atomic E-state index is 13.0. The summed E-state index contributed by atoms with van der Waals surface area (Å²) in [4.78, 5) is 12.4. The molecule has 3 fully saturated rings. The largest absolute Gasteiger partial charge is 0.309 e. The van der Waals surface area contributed by atoms with Gasteiger partial charge in [-0.1, -0.05) is 25.7 Å². The van der Waals surface area contributed by atoms with Crippen LogP contribution in [0.15, 0.2) is 0 Å². The highest BCUT2D eigenvalue weighted by atomic mass is 19.3. The molecule has 4 nitrogen and oxygen atoms in total. The van der Waals surface area contributed by atoms with Crippen molar-refractivity contribution < 1.29 is 13.6 Å². The van der Waals surface area contributed by atoms with Crippen LogP contribution in [0.3, 0.4) is 0 Å². The lowest BCUT2D eigenvalue weighted by molar-refractivity contribution is -0.129. The average molecular weight is 365 g/mol. The number of nitrogens with zero attached hydrogens (tertiary/aromatic N) is 2. The Labute approximate surface area is 153 Å². The molecule has 1 amide bonds. The van der Waals surface area contributed by atoms with Gasteiger partial charge >= 0.3 is 0 Å². The number of aromatic nitrogens is 2. The van der Waals surface area contributed by atoms with Gasteiger partial charge in [-0.2, -0.15) is 5.10 Å². The summed E-state index contributed by atoms with van der Waals surface area (Å²) in [6.45, 7) is 0. The van der Waals surface area contributed by atoms with E-state index in [4.69, 9.17) is 0 Å². The Hall–Kier alpha value is -1.46. The van der Waals surface area contributed by atoms with Crippen molar-refractivity contribution in [2.75, 3.05) is 5.32 Å². The molecule has 1 aromatic heterocycles. The molecule has 26 heavy (non-hydrogen) atoms. The smallest absolute Gasteiger partial charge is 0.248 e. The van der Waals surface area contributed by atoms with Crippen LogP contribution in [0.1, 0.15) is 93.7 Å². The first-order chi connectivity index (χ1) is 12.4. The summed E-state index contributed by atoms with van der Waals surface area (Å²) >= 11 is 0. The number of amides is 1. The zero-order valence-electron chi connectivity index (χ0n) is 15.6. The molecular weight excluding hydrogens is 336 g/mol. The van der Waals surface area contributed by atoms with Crippen molar-refractivity contribution in [3.63, 3.8) is 0 Å². The third kappa shape index (κ3) is 3.52. The van der Waals surface area contributed by atoms with E-state index in [0.29, 0.717) is 17.7 Å². The fourth-order valence-electron chi connectivity index (χ4n) is 4.98. The molecule has 3 saturated carbocycles. The van der Waals surface area contributed by atoms with Gasteiger partial charge in [0.25, 0.3) is 0 Å². The maximum absolute atomic E-state index is 13.0. The fraction of sp³-hybridized carbons (Fsp3) is 0.800. The molecule has 0 bridgehead atoms. The van der Waals surface area contributed by atoms with Gasteiger partial charge in [0.05, 0.1) is 0 Å². The lowest BCUT2D eigenvalue weighted by Crippen LogP contribution is -2.37. The monoisotopic (exact) mass is 365 g/mol. The fourth-order valence-corrected chi connectivity index (χ4v) is 4.98. The third-order valence-electron chi connectivity index (χ3n) is 6.54. The van der Waals surface area contributed by atoms with Gasteiger partial charge in [-0.25, -0.2) is 8.78 Å².